The summed E-state index contributed by atoms with van der Waals surface area (Å²) in [7, 11) is 0. The number of fused-ring (bicyclic) bond motifs is 1. The standard InChI is InChI=1S/C13H17NO/c1-2-9-15-12-8-7-11-5-3-4-6-13(11)14-10-12/h2-6,12,14H,1,7-10H2. The molecule has 0 saturated carbocycles. The van der Waals surface area contributed by atoms with Crippen molar-refractivity contribution in [1.82, 2.24) is 0 Å². The van der Waals surface area contributed by atoms with Gasteiger partial charge in [-0.1, -0.05) is 24.3 Å². The van der Waals surface area contributed by atoms with E-state index in [1.165, 1.54) is 11.3 Å². The number of hydrogen-bond donors (Lipinski definition) is 1. The fourth-order valence-electron chi connectivity index (χ4n) is 1.90. The third-order valence-corrected chi connectivity index (χ3v) is 2.72. The minimum atomic E-state index is 0.301. The van der Waals surface area contributed by atoms with E-state index in [4.69, 9.17) is 4.74 Å². The van der Waals surface area contributed by atoms with Gasteiger partial charge in [0.2, 0.25) is 0 Å². The molecule has 0 bridgehead atoms. The molecule has 1 aromatic carbocycles. The van der Waals surface area contributed by atoms with Crippen LogP contribution in [-0.2, 0) is 11.2 Å². The Balaban J connectivity index is 1.99. The van der Waals surface area contributed by atoms with E-state index in [2.05, 4.69) is 36.2 Å². The van der Waals surface area contributed by atoms with Gasteiger partial charge in [0.15, 0.2) is 0 Å². The molecule has 2 heteroatoms. The highest BCUT2D eigenvalue weighted by Gasteiger charge is 2.14. The maximum atomic E-state index is 5.66. The zero-order valence-corrected chi connectivity index (χ0v) is 8.91. The predicted octanol–water partition coefficient (Wildman–Crippen LogP) is 2.62. The zero-order chi connectivity index (χ0) is 10.5. The van der Waals surface area contributed by atoms with Gasteiger partial charge in [0.05, 0.1) is 12.7 Å². The summed E-state index contributed by atoms with van der Waals surface area (Å²) in [5.41, 5.74) is 2.64. The molecule has 15 heavy (non-hydrogen) atoms. The lowest BCUT2D eigenvalue weighted by Gasteiger charge is -2.14. The van der Waals surface area contributed by atoms with E-state index < -0.39 is 0 Å². The monoisotopic (exact) mass is 203 g/mol. The number of benzene rings is 1. The lowest BCUT2D eigenvalue weighted by atomic mass is 10.1. The second-order valence-corrected chi connectivity index (χ2v) is 3.82. The molecule has 0 radical (unpaired) electrons. The fraction of sp³-hybridized carbons (Fsp3) is 0.385. The van der Waals surface area contributed by atoms with Crippen LogP contribution in [0.2, 0.25) is 0 Å². The molecule has 80 valence electrons. The SMILES string of the molecule is C=CCOC1CCc2ccccc2NC1. The predicted molar refractivity (Wildman–Crippen MR) is 63.2 cm³/mol. The van der Waals surface area contributed by atoms with Crippen LogP contribution >= 0.6 is 0 Å². The molecule has 2 rings (SSSR count). The van der Waals surface area contributed by atoms with Gasteiger partial charge >= 0.3 is 0 Å². The minimum absolute atomic E-state index is 0.301. The zero-order valence-electron chi connectivity index (χ0n) is 8.91. The van der Waals surface area contributed by atoms with Gasteiger partial charge in [-0.3, -0.25) is 0 Å². The molecule has 0 fully saturated rings. The van der Waals surface area contributed by atoms with Crippen LogP contribution < -0.4 is 5.32 Å². The number of ether oxygens (including phenoxy) is 1. The molecule has 1 atom stereocenters. The average Bonchev–Trinajstić information content (AvgIpc) is 2.49. The van der Waals surface area contributed by atoms with E-state index in [-0.39, 0.29) is 0 Å². The number of hydrogen-bond acceptors (Lipinski definition) is 2. The lowest BCUT2D eigenvalue weighted by Crippen LogP contribution is -2.21. The third kappa shape index (κ3) is 2.60. The van der Waals surface area contributed by atoms with Crippen LogP contribution in [-0.4, -0.2) is 19.3 Å². The van der Waals surface area contributed by atoms with Crippen molar-refractivity contribution < 1.29 is 4.74 Å². The summed E-state index contributed by atoms with van der Waals surface area (Å²) in [5.74, 6) is 0. The summed E-state index contributed by atoms with van der Waals surface area (Å²) in [4.78, 5) is 0. The molecular weight excluding hydrogens is 186 g/mol. The van der Waals surface area contributed by atoms with E-state index in [0.717, 1.165) is 19.4 Å². The Hall–Kier alpha value is -1.28. The number of aryl methyl sites for hydroxylation is 1. The first kappa shape index (κ1) is 10.2. The second-order valence-electron chi connectivity index (χ2n) is 3.82. The molecule has 1 aliphatic rings. The average molecular weight is 203 g/mol. The van der Waals surface area contributed by atoms with Crippen LogP contribution in [0.25, 0.3) is 0 Å². The normalized spacial score (nSPS) is 19.9. The van der Waals surface area contributed by atoms with E-state index in [1.807, 2.05) is 0 Å². The van der Waals surface area contributed by atoms with Crippen LogP contribution in [0.4, 0.5) is 5.69 Å². The number of para-hydroxylation sites is 1. The maximum absolute atomic E-state index is 5.66. The first-order chi connectivity index (χ1) is 7.40. The summed E-state index contributed by atoms with van der Waals surface area (Å²) in [5, 5.41) is 3.42. The first-order valence-electron chi connectivity index (χ1n) is 5.44. The van der Waals surface area contributed by atoms with Crippen LogP contribution in [0.5, 0.6) is 0 Å². The Morgan fingerprint density at radius 2 is 2.33 bits per heavy atom. The molecule has 0 amide bonds. The van der Waals surface area contributed by atoms with Crippen molar-refractivity contribution in [2.75, 3.05) is 18.5 Å². The number of rotatable bonds is 3. The second kappa shape index (κ2) is 4.99. The van der Waals surface area contributed by atoms with Gasteiger partial charge in [-0.25, -0.2) is 0 Å². The Kier molecular flexibility index (Phi) is 3.41. The molecule has 0 spiro atoms. The van der Waals surface area contributed by atoms with Gasteiger partial charge in [-0.2, -0.15) is 0 Å². The number of nitrogens with one attached hydrogen (secondary N) is 1. The Morgan fingerprint density at radius 1 is 1.47 bits per heavy atom. The van der Waals surface area contributed by atoms with Crippen LogP contribution in [0.1, 0.15) is 12.0 Å². The Morgan fingerprint density at radius 3 is 3.20 bits per heavy atom. The van der Waals surface area contributed by atoms with E-state index in [1.54, 1.807) is 6.08 Å². The molecule has 1 N–H and O–H groups in total. The van der Waals surface area contributed by atoms with E-state index in [9.17, 15) is 0 Å². The molecule has 0 aliphatic carbocycles. The summed E-state index contributed by atoms with van der Waals surface area (Å²) < 4.78 is 5.66. The van der Waals surface area contributed by atoms with Gasteiger partial charge in [0, 0.05) is 12.2 Å². The molecule has 1 unspecified atom stereocenters. The fourth-order valence-corrected chi connectivity index (χ4v) is 1.90. The van der Waals surface area contributed by atoms with Crippen molar-refractivity contribution in [2.45, 2.75) is 18.9 Å². The molecule has 1 aromatic rings. The topological polar surface area (TPSA) is 21.3 Å². The molecule has 0 saturated heterocycles. The summed E-state index contributed by atoms with van der Waals surface area (Å²) in [6.45, 7) is 5.20. The molecular formula is C13H17NO. The lowest BCUT2D eigenvalue weighted by molar-refractivity contribution is 0.0788. The van der Waals surface area contributed by atoms with Crippen molar-refractivity contribution in [3.8, 4) is 0 Å². The van der Waals surface area contributed by atoms with Crippen molar-refractivity contribution in [3.05, 3.63) is 42.5 Å². The summed E-state index contributed by atoms with van der Waals surface area (Å²) >= 11 is 0. The molecule has 1 aliphatic heterocycles. The smallest absolute Gasteiger partial charge is 0.0754 e. The molecule has 2 nitrogen and oxygen atoms in total. The van der Waals surface area contributed by atoms with Gasteiger partial charge in [0.25, 0.3) is 0 Å². The van der Waals surface area contributed by atoms with Crippen LogP contribution in [0.15, 0.2) is 36.9 Å². The third-order valence-electron chi connectivity index (χ3n) is 2.72. The van der Waals surface area contributed by atoms with E-state index in [0.29, 0.717) is 12.7 Å². The highest BCUT2D eigenvalue weighted by atomic mass is 16.5. The minimum Gasteiger partial charge on any atom is -0.382 e. The first-order valence-corrected chi connectivity index (χ1v) is 5.44. The van der Waals surface area contributed by atoms with E-state index >= 15 is 0 Å². The van der Waals surface area contributed by atoms with Crippen molar-refractivity contribution >= 4 is 5.69 Å². The van der Waals surface area contributed by atoms with Crippen LogP contribution in [0, 0.1) is 0 Å². The van der Waals surface area contributed by atoms with Crippen molar-refractivity contribution in [2.24, 2.45) is 0 Å². The Labute approximate surface area is 91.0 Å². The molecule has 1 heterocycles. The van der Waals surface area contributed by atoms with Crippen molar-refractivity contribution in [1.29, 1.82) is 0 Å². The van der Waals surface area contributed by atoms with Gasteiger partial charge < -0.3 is 10.1 Å². The quantitative estimate of drug-likeness (QED) is 0.762. The summed E-state index contributed by atoms with van der Waals surface area (Å²) in [6.07, 6.45) is 4.27. The van der Waals surface area contributed by atoms with Gasteiger partial charge in [0.1, 0.15) is 0 Å². The Bertz CT molecular complexity index is 308. The van der Waals surface area contributed by atoms with Gasteiger partial charge in [-0.15, -0.1) is 6.58 Å². The van der Waals surface area contributed by atoms with Crippen LogP contribution in [0.3, 0.4) is 0 Å². The maximum Gasteiger partial charge on any atom is 0.0754 e. The summed E-state index contributed by atoms with van der Waals surface area (Å²) in [6, 6.07) is 8.46. The van der Waals surface area contributed by atoms with Gasteiger partial charge in [-0.05, 0) is 24.5 Å². The van der Waals surface area contributed by atoms with Crippen molar-refractivity contribution in [3.63, 3.8) is 0 Å². The largest absolute Gasteiger partial charge is 0.382 e. The molecule has 0 aromatic heterocycles. The number of anilines is 1. The highest BCUT2D eigenvalue weighted by molar-refractivity contribution is 5.51. The highest BCUT2D eigenvalue weighted by Crippen LogP contribution is 2.21.